The molecule has 30 heavy (non-hydrogen) atoms. The molecule has 0 spiro atoms. The van der Waals surface area contributed by atoms with Crippen LogP contribution in [-0.2, 0) is 11.4 Å². The van der Waals surface area contributed by atoms with Crippen LogP contribution in [0.4, 0.5) is 5.69 Å². The van der Waals surface area contributed by atoms with Crippen molar-refractivity contribution in [1.82, 2.24) is 0 Å². The third-order valence-corrected chi connectivity index (χ3v) is 4.87. The van der Waals surface area contributed by atoms with Crippen molar-refractivity contribution >= 4 is 52.5 Å². The van der Waals surface area contributed by atoms with Crippen LogP contribution in [0.1, 0.15) is 11.1 Å². The minimum absolute atomic E-state index is 0.0686. The minimum Gasteiger partial charge on any atom is -0.489 e. The van der Waals surface area contributed by atoms with Gasteiger partial charge in [-0.05, 0) is 59.7 Å². The van der Waals surface area contributed by atoms with E-state index >= 15 is 0 Å². The summed E-state index contributed by atoms with van der Waals surface area (Å²) < 4.78 is 5.73. The number of hydrogen-bond acceptors (Lipinski definition) is 3. The molecule has 0 bridgehead atoms. The molecule has 1 N–H and O–H groups in total. The van der Waals surface area contributed by atoms with Crippen LogP contribution in [0, 0.1) is 11.3 Å². The number of nitriles is 1. The zero-order valence-corrected chi connectivity index (χ0v) is 17.8. The molecule has 0 aliphatic heterocycles. The van der Waals surface area contributed by atoms with Gasteiger partial charge in [0.25, 0.3) is 5.91 Å². The molecule has 3 aromatic rings. The van der Waals surface area contributed by atoms with Crippen molar-refractivity contribution in [2.75, 3.05) is 5.32 Å². The van der Waals surface area contributed by atoms with Crippen molar-refractivity contribution < 1.29 is 9.53 Å². The predicted octanol–water partition coefficient (Wildman–Crippen LogP) is 6.77. The number of benzene rings is 3. The first-order valence-corrected chi connectivity index (χ1v) is 9.93. The second-order valence-electron chi connectivity index (χ2n) is 6.23. The fourth-order valence-corrected chi connectivity index (χ4v) is 2.97. The van der Waals surface area contributed by atoms with Crippen molar-refractivity contribution in [3.05, 3.63) is 98.5 Å². The number of nitrogens with zero attached hydrogens (tertiary/aromatic N) is 1. The molecule has 3 rings (SSSR count). The molecule has 0 fully saturated rings. The van der Waals surface area contributed by atoms with E-state index in [2.05, 4.69) is 5.32 Å². The van der Waals surface area contributed by atoms with Crippen LogP contribution in [0.2, 0.25) is 15.1 Å². The molecule has 0 unspecified atom stereocenters. The second-order valence-corrected chi connectivity index (χ2v) is 7.51. The monoisotopic (exact) mass is 456 g/mol. The predicted molar refractivity (Wildman–Crippen MR) is 121 cm³/mol. The Morgan fingerprint density at radius 2 is 1.63 bits per heavy atom. The number of ether oxygens (including phenoxy) is 1. The van der Waals surface area contributed by atoms with Crippen LogP contribution in [0.5, 0.6) is 5.75 Å². The number of nitrogens with one attached hydrogen (secondary N) is 1. The fourth-order valence-electron chi connectivity index (χ4n) is 2.51. The van der Waals surface area contributed by atoms with E-state index in [1.54, 1.807) is 48.5 Å². The highest BCUT2D eigenvalue weighted by Gasteiger charge is 2.12. The SMILES string of the molecule is N#C/C(=C\c1ccc(OCc2ccc(Cl)cc2)cc1)C(=O)Nc1cc(Cl)ccc1Cl. The molecule has 0 atom stereocenters. The number of hydrogen-bond donors (Lipinski definition) is 1. The number of carbonyl (C=O) groups is 1. The van der Waals surface area contributed by atoms with Gasteiger partial charge >= 0.3 is 0 Å². The number of rotatable bonds is 6. The van der Waals surface area contributed by atoms with Gasteiger partial charge in [-0.2, -0.15) is 5.26 Å². The van der Waals surface area contributed by atoms with Crippen molar-refractivity contribution in [2.24, 2.45) is 0 Å². The molecular formula is C23H15Cl3N2O2. The van der Waals surface area contributed by atoms with Crippen molar-refractivity contribution in [3.63, 3.8) is 0 Å². The van der Waals surface area contributed by atoms with E-state index in [1.165, 1.54) is 12.1 Å². The summed E-state index contributed by atoms with van der Waals surface area (Å²) in [6, 6.07) is 21.0. The van der Waals surface area contributed by atoms with Gasteiger partial charge in [-0.25, -0.2) is 0 Å². The quantitative estimate of drug-likeness (QED) is 0.328. The number of halogens is 3. The Morgan fingerprint density at radius 1 is 0.967 bits per heavy atom. The summed E-state index contributed by atoms with van der Waals surface area (Å²) in [5, 5.41) is 13.4. The van der Waals surface area contributed by atoms with Crippen LogP contribution in [0.25, 0.3) is 6.08 Å². The third-order valence-electron chi connectivity index (χ3n) is 4.05. The molecule has 0 saturated carbocycles. The first-order valence-electron chi connectivity index (χ1n) is 8.80. The topological polar surface area (TPSA) is 62.1 Å². The number of anilines is 1. The molecule has 7 heteroatoms. The minimum atomic E-state index is -0.579. The van der Waals surface area contributed by atoms with Crippen LogP contribution >= 0.6 is 34.8 Å². The zero-order valence-electron chi connectivity index (χ0n) is 15.5. The van der Waals surface area contributed by atoms with Gasteiger partial charge in [0.15, 0.2) is 0 Å². The van der Waals surface area contributed by atoms with Gasteiger partial charge in [0.05, 0.1) is 10.7 Å². The number of carbonyl (C=O) groups excluding carboxylic acids is 1. The van der Waals surface area contributed by atoms with Gasteiger partial charge in [0.1, 0.15) is 24.0 Å². The lowest BCUT2D eigenvalue weighted by atomic mass is 10.1. The van der Waals surface area contributed by atoms with E-state index in [1.807, 2.05) is 18.2 Å². The highest BCUT2D eigenvalue weighted by molar-refractivity contribution is 6.36. The molecule has 1 amide bonds. The zero-order chi connectivity index (χ0) is 21.5. The lowest BCUT2D eigenvalue weighted by Crippen LogP contribution is -2.13. The smallest absolute Gasteiger partial charge is 0.266 e. The maximum Gasteiger partial charge on any atom is 0.266 e. The Balaban J connectivity index is 1.66. The van der Waals surface area contributed by atoms with Crippen LogP contribution in [-0.4, -0.2) is 5.91 Å². The maximum atomic E-state index is 12.4. The van der Waals surface area contributed by atoms with E-state index in [0.717, 1.165) is 5.56 Å². The van der Waals surface area contributed by atoms with Crippen LogP contribution in [0.15, 0.2) is 72.3 Å². The lowest BCUT2D eigenvalue weighted by Gasteiger charge is -2.08. The van der Waals surface area contributed by atoms with E-state index in [0.29, 0.717) is 38.7 Å². The molecule has 0 saturated heterocycles. The highest BCUT2D eigenvalue weighted by atomic mass is 35.5. The average molecular weight is 458 g/mol. The molecule has 0 aromatic heterocycles. The summed E-state index contributed by atoms with van der Waals surface area (Å²) in [6.45, 7) is 0.401. The van der Waals surface area contributed by atoms with Gasteiger partial charge in [-0.1, -0.05) is 59.1 Å². The van der Waals surface area contributed by atoms with Gasteiger partial charge in [0, 0.05) is 10.0 Å². The standard InChI is InChI=1S/C23H15Cl3N2O2/c24-18-5-1-16(2-6-18)14-30-20-8-3-15(4-9-20)11-17(13-27)23(29)28-22-12-19(25)7-10-21(22)26/h1-12H,14H2,(H,28,29)/b17-11+. The fraction of sp³-hybridized carbons (Fsp3) is 0.0435. The first-order chi connectivity index (χ1) is 14.4. The first kappa shape index (κ1) is 21.7. The normalized spacial score (nSPS) is 10.9. The molecule has 0 radical (unpaired) electrons. The summed E-state index contributed by atoms with van der Waals surface area (Å²) in [7, 11) is 0. The Labute approximate surface area is 189 Å². The molecule has 150 valence electrons. The molecule has 4 nitrogen and oxygen atoms in total. The summed E-state index contributed by atoms with van der Waals surface area (Å²) in [5.74, 6) is 0.0838. The summed E-state index contributed by atoms with van der Waals surface area (Å²) in [4.78, 5) is 12.4. The summed E-state index contributed by atoms with van der Waals surface area (Å²) in [5.41, 5.74) is 1.94. The Kier molecular flexibility index (Phi) is 7.37. The summed E-state index contributed by atoms with van der Waals surface area (Å²) >= 11 is 17.8. The Morgan fingerprint density at radius 3 is 2.30 bits per heavy atom. The molecule has 0 heterocycles. The van der Waals surface area contributed by atoms with Gasteiger partial charge in [-0.15, -0.1) is 0 Å². The average Bonchev–Trinajstić information content (AvgIpc) is 2.75. The van der Waals surface area contributed by atoms with Crippen LogP contribution < -0.4 is 10.1 Å². The Hall–Kier alpha value is -2.97. The highest BCUT2D eigenvalue weighted by Crippen LogP contribution is 2.26. The third kappa shape index (κ3) is 6.01. The van der Waals surface area contributed by atoms with E-state index in [4.69, 9.17) is 39.5 Å². The van der Waals surface area contributed by atoms with E-state index in [9.17, 15) is 10.1 Å². The maximum absolute atomic E-state index is 12.4. The van der Waals surface area contributed by atoms with E-state index < -0.39 is 5.91 Å². The van der Waals surface area contributed by atoms with Gasteiger partial charge in [-0.3, -0.25) is 4.79 Å². The lowest BCUT2D eigenvalue weighted by molar-refractivity contribution is -0.112. The second kappa shape index (κ2) is 10.2. The number of amides is 1. The molecular weight excluding hydrogens is 443 g/mol. The summed E-state index contributed by atoms with van der Waals surface area (Å²) in [6.07, 6.45) is 1.48. The van der Waals surface area contributed by atoms with Crippen molar-refractivity contribution in [3.8, 4) is 11.8 Å². The molecule has 3 aromatic carbocycles. The van der Waals surface area contributed by atoms with Crippen molar-refractivity contribution in [1.29, 1.82) is 5.26 Å². The molecule has 0 aliphatic rings. The van der Waals surface area contributed by atoms with Gasteiger partial charge < -0.3 is 10.1 Å². The Bertz CT molecular complexity index is 1120. The van der Waals surface area contributed by atoms with E-state index in [-0.39, 0.29) is 5.57 Å². The van der Waals surface area contributed by atoms with Crippen molar-refractivity contribution in [2.45, 2.75) is 6.61 Å². The molecule has 0 aliphatic carbocycles. The van der Waals surface area contributed by atoms with Crippen LogP contribution in [0.3, 0.4) is 0 Å². The van der Waals surface area contributed by atoms with Gasteiger partial charge in [0.2, 0.25) is 0 Å². The largest absolute Gasteiger partial charge is 0.489 e.